The van der Waals surface area contributed by atoms with Gasteiger partial charge in [0, 0.05) is 24.7 Å². The first-order valence-electron chi connectivity index (χ1n) is 10.8. The van der Waals surface area contributed by atoms with Crippen LogP contribution in [0.3, 0.4) is 0 Å². The van der Waals surface area contributed by atoms with Gasteiger partial charge in [0.2, 0.25) is 5.91 Å². The van der Waals surface area contributed by atoms with E-state index in [1.807, 2.05) is 0 Å². The van der Waals surface area contributed by atoms with Crippen LogP contribution in [0.15, 0.2) is 47.4 Å². The number of methoxy groups -OCH3 is 1. The normalized spacial score (nSPS) is 17.0. The van der Waals surface area contributed by atoms with Crippen molar-refractivity contribution in [2.45, 2.75) is 43.4 Å². The summed E-state index contributed by atoms with van der Waals surface area (Å²) in [7, 11) is -2.25. The molecular weight excluding hydrogens is 414 g/mol. The second-order valence-corrected chi connectivity index (χ2v) is 9.86. The first-order valence-corrected chi connectivity index (χ1v) is 12.3. The third-order valence-electron chi connectivity index (χ3n) is 6.05. The summed E-state index contributed by atoms with van der Waals surface area (Å²) in [6.45, 7) is 1.81. The van der Waals surface area contributed by atoms with Crippen molar-refractivity contribution < 1.29 is 17.9 Å². The number of ether oxygens (including phenoxy) is 1. The van der Waals surface area contributed by atoms with Gasteiger partial charge in [0.1, 0.15) is 5.75 Å². The maximum Gasteiger partial charge on any atom is 0.261 e. The van der Waals surface area contributed by atoms with Crippen LogP contribution in [0.25, 0.3) is 0 Å². The Labute approximate surface area is 183 Å². The standard InChI is InChI=1S/C23H29N3O4S/c1-30-19-10-8-18(9-11-19)25-31(28,29)20-12-13-22(26-14-4-5-15-26)21(16-20)24-23(27)17-6-2-3-7-17/h8-13,16-17,25H,2-7,14-15H2,1H3,(H,24,27). The Bertz CT molecular complexity index is 1030. The molecule has 2 aromatic carbocycles. The van der Waals surface area contributed by atoms with E-state index in [2.05, 4.69) is 14.9 Å². The number of benzene rings is 2. The second kappa shape index (κ2) is 9.18. The smallest absolute Gasteiger partial charge is 0.261 e. The minimum Gasteiger partial charge on any atom is -0.497 e. The molecule has 8 heteroatoms. The van der Waals surface area contributed by atoms with Crippen LogP contribution in [0.1, 0.15) is 38.5 Å². The van der Waals surface area contributed by atoms with Crippen LogP contribution in [0.5, 0.6) is 5.75 Å². The molecule has 7 nitrogen and oxygen atoms in total. The lowest BCUT2D eigenvalue weighted by atomic mass is 10.1. The molecule has 1 amide bonds. The summed E-state index contributed by atoms with van der Waals surface area (Å²) in [6.07, 6.45) is 6.10. The van der Waals surface area contributed by atoms with E-state index in [9.17, 15) is 13.2 Å². The molecule has 1 saturated carbocycles. The quantitative estimate of drug-likeness (QED) is 0.669. The predicted molar refractivity (Wildman–Crippen MR) is 122 cm³/mol. The van der Waals surface area contributed by atoms with Crippen molar-refractivity contribution in [3.63, 3.8) is 0 Å². The third-order valence-corrected chi connectivity index (χ3v) is 7.43. The number of nitrogens with one attached hydrogen (secondary N) is 2. The molecule has 2 N–H and O–H groups in total. The zero-order chi connectivity index (χ0) is 21.8. The number of carbonyl (C=O) groups excluding carboxylic acids is 1. The topological polar surface area (TPSA) is 87.7 Å². The van der Waals surface area contributed by atoms with E-state index < -0.39 is 10.0 Å². The molecule has 31 heavy (non-hydrogen) atoms. The molecule has 166 valence electrons. The van der Waals surface area contributed by atoms with Gasteiger partial charge in [0.15, 0.2) is 0 Å². The molecule has 0 spiro atoms. The van der Waals surface area contributed by atoms with Gasteiger partial charge < -0.3 is 15.0 Å². The number of nitrogens with zero attached hydrogens (tertiary/aromatic N) is 1. The lowest BCUT2D eigenvalue weighted by Crippen LogP contribution is -2.24. The highest BCUT2D eigenvalue weighted by Gasteiger charge is 2.26. The fourth-order valence-corrected chi connectivity index (χ4v) is 5.40. The number of anilines is 3. The van der Waals surface area contributed by atoms with E-state index in [0.29, 0.717) is 17.1 Å². The van der Waals surface area contributed by atoms with Crippen LogP contribution in [0.2, 0.25) is 0 Å². The maximum atomic E-state index is 13.0. The molecule has 0 radical (unpaired) electrons. The van der Waals surface area contributed by atoms with E-state index in [4.69, 9.17) is 4.74 Å². The Kier molecular flexibility index (Phi) is 6.36. The predicted octanol–water partition coefficient (Wildman–Crippen LogP) is 4.22. The van der Waals surface area contributed by atoms with E-state index in [0.717, 1.165) is 57.3 Å². The van der Waals surface area contributed by atoms with Crippen molar-refractivity contribution in [3.8, 4) is 5.75 Å². The minimum absolute atomic E-state index is 0.00381. The largest absolute Gasteiger partial charge is 0.497 e. The number of amides is 1. The van der Waals surface area contributed by atoms with E-state index in [1.165, 1.54) is 0 Å². The summed E-state index contributed by atoms with van der Waals surface area (Å²) >= 11 is 0. The number of hydrogen-bond donors (Lipinski definition) is 2. The molecule has 4 rings (SSSR count). The van der Waals surface area contributed by atoms with Crippen LogP contribution in [-0.4, -0.2) is 34.5 Å². The Balaban J connectivity index is 1.61. The van der Waals surface area contributed by atoms with E-state index >= 15 is 0 Å². The van der Waals surface area contributed by atoms with Crippen LogP contribution in [0.4, 0.5) is 17.1 Å². The lowest BCUT2D eigenvalue weighted by molar-refractivity contribution is -0.119. The average Bonchev–Trinajstić information content (AvgIpc) is 3.48. The summed E-state index contributed by atoms with van der Waals surface area (Å²) < 4.78 is 33.7. The molecule has 1 aliphatic carbocycles. The first kappa shape index (κ1) is 21.5. The molecule has 0 atom stereocenters. The van der Waals surface area contributed by atoms with Crippen molar-refractivity contribution in [2.75, 3.05) is 35.1 Å². The minimum atomic E-state index is -3.81. The van der Waals surface area contributed by atoms with Gasteiger partial charge in [-0.2, -0.15) is 0 Å². The summed E-state index contributed by atoms with van der Waals surface area (Å²) in [5.74, 6) is 0.634. The third kappa shape index (κ3) is 4.95. The van der Waals surface area contributed by atoms with Gasteiger partial charge in [-0.3, -0.25) is 9.52 Å². The molecule has 1 aliphatic heterocycles. The molecule has 2 aliphatic rings. The lowest BCUT2D eigenvalue weighted by Gasteiger charge is -2.23. The van der Waals surface area contributed by atoms with E-state index in [-0.39, 0.29) is 16.7 Å². The summed E-state index contributed by atoms with van der Waals surface area (Å²) in [6, 6.07) is 11.7. The highest BCUT2D eigenvalue weighted by molar-refractivity contribution is 7.92. The van der Waals surface area contributed by atoms with Crippen molar-refractivity contribution >= 4 is 33.0 Å². The van der Waals surface area contributed by atoms with Crippen molar-refractivity contribution in [3.05, 3.63) is 42.5 Å². The number of carbonyl (C=O) groups is 1. The van der Waals surface area contributed by atoms with Gasteiger partial charge in [-0.25, -0.2) is 8.42 Å². The Morgan fingerprint density at radius 3 is 2.32 bits per heavy atom. The summed E-state index contributed by atoms with van der Waals surface area (Å²) in [4.78, 5) is 15.1. The van der Waals surface area contributed by atoms with Crippen molar-refractivity contribution in [2.24, 2.45) is 5.92 Å². The molecule has 2 aromatic rings. The van der Waals surface area contributed by atoms with E-state index in [1.54, 1.807) is 49.6 Å². The summed E-state index contributed by atoms with van der Waals surface area (Å²) in [5.41, 5.74) is 1.89. The van der Waals surface area contributed by atoms with Crippen LogP contribution >= 0.6 is 0 Å². The molecule has 1 saturated heterocycles. The highest BCUT2D eigenvalue weighted by Crippen LogP contribution is 2.34. The molecule has 0 unspecified atom stereocenters. The van der Waals surface area contributed by atoms with Gasteiger partial charge in [-0.15, -0.1) is 0 Å². The zero-order valence-corrected chi connectivity index (χ0v) is 18.6. The van der Waals surface area contributed by atoms with Gasteiger partial charge in [0.05, 0.1) is 23.4 Å². The number of hydrogen-bond acceptors (Lipinski definition) is 5. The maximum absolute atomic E-state index is 13.0. The molecule has 0 bridgehead atoms. The monoisotopic (exact) mass is 443 g/mol. The Morgan fingerprint density at radius 2 is 1.68 bits per heavy atom. The fourth-order valence-electron chi connectivity index (χ4n) is 4.31. The molecular formula is C23H29N3O4S. The van der Waals surface area contributed by atoms with Gasteiger partial charge in [-0.1, -0.05) is 12.8 Å². The van der Waals surface area contributed by atoms with Crippen molar-refractivity contribution in [1.29, 1.82) is 0 Å². The van der Waals surface area contributed by atoms with Gasteiger partial charge in [0.25, 0.3) is 10.0 Å². The Morgan fingerprint density at radius 1 is 1.00 bits per heavy atom. The zero-order valence-electron chi connectivity index (χ0n) is 17.8. The first-order chi connectivity index (χ1) is 15.0. The number of sulfonamides is 1. The van der Waals surface area contributed by atoms with Crippen LogP contribution < -0.4 is 19.7 Å². The number of rotatable bonds is 7. The van der Waals surface area contributed by atoms with Crippen LogP contribution in [-0.2, 0) is 14.8 Å². The highest BCUT2D eigenvalue weighted by atomic mass is 32.2. The molecule has 2 fully saturated rings. The van der Waals surface area contributed by atoms with Gasteiger partial charge >= 0.3 is 0 Å². The second-order valence-electron chi connectivity index (χ2n) is 8.18. The van der Waals surface area contributed by atoms with Crippen LogP contribution in [0, 0.1) is 5.92 Å². The Hall–Kier alpha value is -2.74. The summed E-state index contributed by atoms with van der Waals surface area (Å²) in [5, 5.41) is 3.03. The molecule has 0 aromatic heterocycles. The average molecular weight is 444 g/mol. The molecule has 1 heterocycles. The fraction of sp³-hybridized carbons (Fsp3) is 0.435. The van der Waals surface area contributed by atoms with Gasteiger partial charge in [-0.05, 0) is 68.1 Å². The SMILES string of the molecule is COc1ccc(NS(=O)(=O)c2ccc(N3CCCC3)c(NC(=O)C3CCCC3)c2)cc1. The van der Waals surface area contributed by atoms with Crippen molar-refractivity contribution in [1.82, 2.24) is 0 Å².